The van der Waals surface area contributed by atoms with Crippen LogP contribution in [0.4, 0.5) is 0 Å². The van der Waals surface area contributed by atoms with E-state index >= 15 is 0 Å². The van der Waals surface area contributed by atoms with E-state index in [4.69, 9.17) is 5.10 Å². The lowest BCUT2D eigenvalue weighted by molar-refractivity contribution is -0.129. The Bertz CT molecular complexity index is 861. The van der Waals surface area contributed by atoms with Crippen LogP contribution in [0, 0.1) is 0 Å². The number of nitrogens with zero attached hydrogens (tertiary/aromatic N) is 3. The van der Waals surface area contributed by atoms with E-state index in [1.165, 1.54) is 0 Å². The molecule has 5 heteroatoms. The van der Waals surface area contributed by atoms with E-state index in [0.717, 1.165) is 41.3 Å². The fourth-order valence-corrected chi connectivity index (χ4v) is 3.36. The maximum Gasteiger partial charge on any atom is 0.246 e. The number of aromatic nitrogens is 2. The van der Waals surface area contributed by atoms with E-state index < -0.39 is 0 Å². The van der Waals surface area contributed by atoms with Crippen LogP contribution < -0.4 is 0 Å². The Hall–Kier alpha value is -2.66. The van der Waals surface area contributed by atoms with Gasteiger partial charge in [0.1, 0.15) is 5.69 Å². The number of hydrogen-bond donors (Lipinski definition) is 0. The second kappa shape index (κ2) is 6.45. The van der Waals surface area contributed by atoms with Crippen LogP contribution >= 0.6 is 11.3 Å². The summed E-state index contributed by atoms with van der Waals surface area (Å²) in [6.07, 6.45) is 6.61. The minimum atomic E-state index is 0.0749. The molecule has 1 fully saturated rings. The summed E-state index contributed by atoms with van der Waals surface area (Å²) in [6.45, 7) is 1.73. The highest BCUT2D eigenvalue weighted by Crippen LogP contribution is 2.28. The summed E-state index contributed by atoms with van der Waals surface area (Å²) in [4.78, 5) is 15.0. The maximum absolute atomic E-state index is 12.1. The second-order valence-corrected chi connectivity index (χ2v) is 6.65. The molecule has 1 aliphatic heterocycles. The topological polar surface area (TPSA) is 38.1 Å². The number of amides is 1. The largest absolute Gasteiger partial charge is 0.339 e. The zero-order valence-electron chi connectivity index (χ0n) is 13.1. The number of likely N-dealkylation sites (tertiary alicyclic amines) is 1. The number of rotatable bonds is 4. The molecule has 0 saturated carbocycles. The van der Waals surface area contributed by atoms with E-state index in [1.54, 1.807) is 17.4 Å². The van der Waals surface area contributed by atoms with Crippen LogP contribution in [0.5, 0.6) is 0 Å². The van der Waals surface area contributed by atoms with Gasteiger partial charge in [0.25, 0.3) is 0 Å². The van der Waals surface area contributed by atoms with Crippen LogP contribution in [0.3, 0.4) is 0 Å². The molecule has 1 aliphatic rings. The van der Waals surface area contributed by atoms with Crippen LogP contribution in [0.2, 0.25) is 0 Å². The number of thiophene rings is 1. The summed E-state index contributed by atoms with van der Waals surface area (Å²) in [6, 6.07) is 14.1. The van der Waals surface area contributed by atoms with Crippen molar-refractivity contribution in [3.05, 3.63) is 65.7 Å². The van der Waals surface area contributed by atoms with Gasteiger partial charge >= 0.3 is 0 Å². The van der Waals surface area contributed by atoms with E-state index in [-0.39, 0.29) is 5.91 Å². The highest BCUT2D eigenvalue weighted by Gasteiger charge is 2.18. The number of para-hydroxylation sites is 1. The Morgan fingerprint density at radius 1 is 1.12 bits per heavy atom. The Balaban J connectivity index is 1.70. The van der Waals surface area contributed by atoms with Crippen molar-refractivity contribution in [2.75, 3.05) is 13.1 Å². The first-order chi connectivity index (χ1) is 11.8. The van der Waals surface area contributed by atoms with Crippen molar-refractivity contribution < 1.29 is 4.79 Å². The first-order valence-electron chi connectivity index (χ1n) is 7.97. The minimum Gasteiger partial charge on any atom is -0.339 e. The van der Waals surface area contributed by atoms with Crippen molar-refractivity contribution in [1.82, 2.24) is 14.7 Å². The lowest BCUT2D eigenvalue weighted by Gasteiger charge is -2.29. The monoisotopic (exact) mass is 335 g/mol. The first kappa shape index (κ1) is 14.9. The third-order valence-electron chi connectivity index (χ3n) is 4.09. The molecule has 4 rings (SSSR count). The summed E-state index contributed by atoms with van der Waals surface area (Å²) in [5.74, 6) is 0.0749. The third-order valence-corrected chi connectivity index (χ3v) is 4.97. The number of hydrogen-bond acceptors (Lipinski definition) is 3. The summed E-state index contributed by atoms with van der Waals surface area (Å²) < 4.78 is 1.86. The fourth-order valence-electron chi connectivity index (χ4n) is 2.63. The molecule has 0 aliphatic carbocycles. The molecule has 0 bridgehead atoms. The Kier molecular flexibility index (Phi) is 4.01. The second-order valence-electron chi connectivity index (χ2n) is 5.70. The van der Waals surface area contributed by atoms with Gasteiger partial charge in [0, 0.05) is 30.9 Å². The Morgan fingerprint density at radius 3 is 2.62 bits per heavy atom. The van der Waals surface area contributed by atoms with Crippen molar-refractivity contribution in [2.45, 2.75) is 6.42 Å². The van der Waals surface area contributed by atoms with Gasteiger partial charge in [0.15, 0.2) is 0 Å². The number of carbonyl (C=O) groups excluding carboxylic acids is 1. The van der Waals surface area contributed by atoms with Crippen LogP contribution in [-0.4, -0.2) is 33.7 Å². The molecule has 3 aromatic rings. The molecule has 2 aromatic heterocycles. The zero-order valence-corrected chi connectivity index (χ0v) is 13.9. The van der Waals surface area contributed by atoms with Crippen molar-refractivity contribution in [3.8, 4) is 16.3 Å². The molecule has 4 nitrogen and oxygen atoms in total. The highest BCUT2D eigenvalue weighted by molar-refractivity contribution is 7.13. The molecule has 1 aromatic carbocycles. The Morgan fingerprint density at radius 2 is 1.96 bits per heavy atom. The van der Waals surface area contributed by atoms with Gasteiger partial charge in [-0.25, -0.2) is 4.68 Å². The van der Waals surface area contributed by atoms with Gasteiger partial charge in [-0.1, -0.05) is 24.3 Å². The van der Waals surface area contributed by atoms with E-state index in [1.807, 2.05) is 63.6 Å². The summed E-state index contributed by atoms with van der Waals surface area (Å²) in [7, 11) is 0. The molecule has 0 unspecified atom stereocenters. The molecule has 0 atom stereocenters. The van der Waals surface area contributed by atoms with Crippen molar-refractivity contribution >= 4 is 23.3 Å². The predicted octanol–water partition coefficient (Wildman–Crippen LogP) is 3.85. The summed E-state index contributed by atoms with van der Waals surface area (Å²) >= 11 is 1.65. The third kappa shape index (κ3) is 2.90. The average molecular weight is 335 g/mol. The number of benzene rings is 1. The van der Waals surface area contributed by atoms with Crippen LogP contribution in [0.25, 0.3) is 22.3 Å². The smallest absolute Gasteiger partial charge is 0.246 e. The van der Waals surface area contributed by atoms with Gasteiger partial charge in [-0.05, 0) is 36.1 Å². The molecule has 3 heterocycles. The van der Waals surface area contributed by atoms with Gasteiger partial charge in [0.2, 0.25) is 5.91 Å². The first-order valence-corrected chi connectivity index (χ1v) is 8.85. The predicted molar refractivity (Wildman–Crippen MR) is 97.1 cm³/mol. The van der Waals surface area contributed by atoms with Crippen molar-refractivity contribution in [1.29, 1.82) is 0 Å². The quantitative estimate of drug-likeness (QED) is 0.679. The van der Waals surface area contributed by atoms with E-state index in [2.05, 4.69) is 6.07 Å². The van der Waals surface area contributed by atoms with Crippen LogP contribution in [-0.2, 0) is 4.79 Å². The minimum absolute atomic E-state index is 0.0749. The normalized spacial score (nSPS) is 14.1. The van der Waals surface area contributed by atoms with Crippen LogP contribution in [0.15, 0.2) is 60.1 Å². The molecule has 0 radical (unpaired) electrons. The highest BCUT2D eigenvalue weighted by atomic mass is 32.1. The van der Waals surface area contributed by atoms with Crippen LogP contribution in [0.1, 0.15) is 12.0 Å². The number of carbonyl (C=O) groups is 1. The van der Waals surface area contributed by atoms with E-state index in [0.29, 0.717) is 0 Å². The lowest BCUT2D eigenvalue weighted by Crippen LogP contribution is -2.40. The van der Waals surface area contributed by atoms with Gasteiger partial charge in [-0.2, -0.15) is 5.10 Å². The van der Waals surface area contributed by atoms with Crippen molar-refractivity contribution in [3.63, 3.8) is 0 Å². The van der Waals surface area contributed by atoms with Gasteiger partial charge in [-0.15, -0.1) is 11.3 Å². The SMILES string of the molecule is O=C(/C=C/c1cn(-c2ccccc2)nc1-c1cccs1)N1CCC1. The Labute approximate surface area is 144 Å². The molecule has 1 amide bonds. The fraction of sp³-hybridized carbons (Fsp3) is 0.158. The molecular formula is C19H17N3OS. The maximum atomic E-state index is 12.1. The zero-order chi connectivity index (χ0) is 16.4. The van der Waals surface area contributed by atoms with Gasteiger partial charge in [0.05, 0.1) is 10.6 Å². The van der Waals surface area contributed by atoms with E-state index in [9.17, 15) is 4.79 Å². The van der Waals surface area contributed by atoms with Gasteiger partial charge < -0.3 is 4.90 Å². The van der Waals surface area contributed by atoms with Crippen molar-refractivity contribution in [2.24, 2.45) is 0 Å². The molecule has 24 heavy (non-hydrogen) atoms. The molecule has 0 N–H and O–H groups in total. The summed E-state index contributed by atoms with van der Waals surface area (Å²) in [5, 5.41) is 6.77. The standard InChI is InChI=1S/C19H17N3OS/c23-18(21-11-5-12-21)10-9-15-14-22(16-6-2-1-3-7-16)20-19(15)17-8-4-13-24-17/h1-4,6-10,13-14H,5,11-12H2/b10-9+. The average Bonchev–Trinajstić information content (AvgIpc) is 3.21. The molecular weight excluding hydrogens is 318 g/mol. The molecule has 1 saturated heterocycles. The summed E-state index contributed by atoms with van der Waals surface area (Å²) in [5.41, 5.74) is 2.86. The molecule has 0 spiro atoms. The lowest BCUT2D eigenvalue weighted by atomic mass is 10.2. The molecule has 120 valence electrons. The van der Waals surface area contributed by atoms with Gasteiger partial charge in [-0.3, -0.25) is 4.79 Å².